The van der Waals surface area contributed by atoms with Gasteiger partial charge in [-0.05, 0) is 56.4 Å². The van der Waals surface area contributed by atoms with E-state index in [9.17, 15) is 9.90 Å². The Hall–Kier alpha value is -1.00. The normalized spacial score (nSPS) is 16.6. The molecule has 3 nitrogen and oxygen atoms in total. The van der Waals surface area contributed by atoms with E-state index in [1.165, 1.54) is 16.0 Å². The van der Waals surface area contributed by atoms with Gasteiger partial charge in [-0.3, -0.25) is 4.79 Å². The minimum atomic E-state index is -0.317. The zero-order chi connectivity index (χ0) is 14.6. The van der Waals surface area contributed by atoms with E-state index < -0.39 is 0 Å². The number of carbonyl (C=O) groups excluding carboxylic acids is 1. The summed E-state index contributed by atoms with van der Waals surface area (Å²) >= 11 is 1.71. The molecule has 4 heteroatoms. The maximum atomic E-state index is 11.9. The number of benzene rings is 1. The third kappa shape index (κ3) is 3.76. The highest BCUT2D eigenvalue weighted by Gasteiger charge is 2.37. The van der Waals surface area contributed by atoms with Gasteiger partial charge in [0, 0.05) is 17.1 Å². The van der Waals surface area contributed by atoms with Crippen LogP contribution in [0, 0.1) is 13.8 Å². The van der Waals surface area contributed by atoms with Gasteiger partial charge < -0.3 is 10.4 Å². The summed E-state index contributed by atoms with van der Waals surface area (Å²) in [7, 11) is 0. The average molecular weight is 293 g/mol. The van der Waals surface area contributed by atoms with Crippen LogP contribution >= 0.6 is 11.8 Å². The lowest BCUT2D eigenvalue weighted by atomic mass is 9.77. The molecule has 1 saturated carbocycles. The van der Waals surface area contributed by atoms with Crippen molar-refractivity contribution in [1.82, 2.24) is 5.32 Å². The van der Waals surface area contributed by atoms with E-state index in [1.54, 1.807) is 11.8 Å². The van der Waals surface area contributed by atoms with Gasteiger partial charge in [-0.2, -0.15) is 0 Å². The third-order valence-electron chi connectivity index (χ3n) is 4.09. The van der Waals surface area contributed by atoms with Gasteiger partial charge in [0.1, 0.15) is 0 Å². The SMILES string of the molecule is Cc1ccc(SCCC(=O)NC2(CO)CCC2)cc1C. The lowest BCUT2D eigenvalue weighted by molar-refractivity contribution is -0.124. The molecule has 0 unspecified atom stereocenters. The van der Waals surface area contributed by atoms with Gasteiger partial charge in [0.15, 0.2) is 0 Å². The molecule has 0 spiro atoms. The van der Waals surface area contributed by atoms with Crippen molar-refractivity contribution in [3.63, 3.8) is 0 Å². The first-order valence-corrected chi connectivity index (χ1v) is 8.15. The fraction of sp³-hybridized carbons (Fsp3) is 0.562. The molecule has 0 aliphatic heterocycles. The predicted molar refractivity (Wildman–Crippen MR) is 83.1 cm³/mol. The minimum Gasteiger partial charge on any atom is -0.394 e. The summed E-state index contributed by atoms with van der Waals surface area (Å²) in [6.45, 7) is 4.26. The number of hydrogen-bond acceptors (Lipinski definition) is 3. The third-order valence-corrected chi connectivity index (χ3v) is 5.09. The Morgan fingerprint density at radius 3 is 2.65 bits per heavy atom. The molecule has 1 aliphatic carbocycles. The lowest BCUT2D eigenvalue weighted by Crippen LogP contribution is -2.56. The molecule has 1 aliphatic rings. The van der Waals surface area contributed by atoms with Crippen LogP contribution in [0.5, 0.6) is 0 Å². The zero-order valence-corrected chi connectivity index (χ0v) is 13.1. The summed E-state index contributed by atoms with van der Waals surface area (Å²) in [5, 5.41) is 12.3. The summed E-state index contributed by atoms with van der Waals surface area (Å²) in [5.41, 5.74) is 2.26. The van der Waals surface area contributed by atoms with Crippen molar-refractivity contribution in [3.05, 3.63) is 29.3 Å². The molecule has 2 rings (SSSR count). The number of thioether (sulfide) groups is 1. The maximum absolute atomic E-state index is 11.9. The molecule has 1 fully saturated rings. The number of nitrogens with one attached hydrogen (secondary N) is 1. The van der Waals surface area contributed by atoms with E-state index in [2.05, 4.69) is 37.4 Å². The number of hydrogen-bond donors (Lipinski definition) is 2. The van der Waals surface area contributed by atoms with Crippen LogP contribution in [-0.4, -0.2) is 28.9 Å². The number of aryl methyl sites for hydroxylation is 2. The van der Waals surface area contributed by atoms with E-state index >= 15 is 0 Å². The van der Waals surface area contributed by atoms with Crippen LogP contribution in [0.4, 0.5) is 0 Å². The van der Waals surface area contributed by atoms with Crippen molar-refractivity contribution in [2.24, 2.45) is 0 Å². The smallest absolute Gasteiger partial charge is 0.221 e. The fourth-order valence-electron chi connectivity index (χ4n) is 2.35. The largest absolute Gasteiger partial charge is 0.394 e. The molecular weight excluding hydrogens is 270 g/mol. The van der Waals surface area contributed by atoms with Gasteiger partial charge in [-0.1, -0.05) is 6.07 Å². The number of aliphatic hydroxyl groups is 1. The second-order valence-corrected chi connectivity index (χ2v) is 6.85. The summed E-state index contributed by atoms with van der Waals surface area (Å²) in [4.78, 5) is 13.1. The van der Waals surface area contributed by atoms with Gasteiger partial charge in [-0.15, -0.1) is 11.8 Å². The number of aliphatic hydroxyl groups excluding tert-OH is 1. The Labute approximate surface area is 125 Å². The first kappa shape index (κ1) is 15.4. The van der Waals surface area contributed by atoms with Crippen LogP contribution in [0.3, 0.4) is 0 Å². The minimum absolute atomic E-state index is 0.0510. The molecule has 0 aromatic heterocycles. The van der Waals surface area contributed by atoms with Crippen LogP contribution in [0.2, 0.25) is 0 Å². The summed E-state index contributed by atoms with van der Waals surface area (Å²) in [5.74, 6) is 0.825. The fourth-order valence-corrected chi connectivity index (χ4v) is 3.30. The maximum Gasteiger partial charge on any atom is 0.221 e. The van der Waals surface area contributed by atoms with Gasteiger partial charge in [-0.25, -0.2) is 0 Å². The Morgan fingerprint density at radius 2 is 2.10 bits per heavy atom. The van der Waals surface area contributed by atoms with Crippen LogP contribution in [-0.2, 0) is 4.79 Å². The molecule has 0 heterocycles. The summed E-state index contributed by atoms with van der Waals surface area (Å²) in [6.07, 6.45) is 3.40. The highest BCUT2D eigenvalue weighted by Crippen LogP contribution is 2.31. The van der Waals surface area contributed by atoms with Crippen molar-refractivity contribution >= 4 is 17.7 Å². The van der Waals surface area contributed by atoms with Gasteiger partial charge in [0.2, 0.25) is 5.91 Å². The highest BCUT2D eigenvalue weighted by atomic mass is 32.2. The van der Waals surface area contributed by atoms with Crippen LogP contribution in [0.15, 0.2) is 23.1 Å². The van der Waals surface area contributed by atoms with Crippen LogP contribution < -0.4 is 5.32 Å². The molecule has 110 valence electrons. The van der Waals surface area contributed by atoms with Gasteiger partial charge >= 0.3 is 0 Å². The first-order chi connectivity index (χ1) is 9.54. The molecule has 1 aromatic carbocycles. The van der Waals surface area contributed by atoms with Crippen molar-refractivity contribution < 1.29 is 9.90 Å². The molecule has 20 heavy (non-hydrogen) atoms. The first-order valence-electron chi connectivity index (χ1n) is 7.17. The van der Waals surface area contributed by atoms with Gasteiger partial charge in [0.05, 0.1) is 12.1 Å². The molecule has 1 amide bonds. The molecule has 0 atom stereocenters. The molecule has 0 saturated heterocycles. The van der Waals surface area contributed by atoms with Crippen LogP contribution in [0.1, 0.15) is 36.8 Å². The molecule has 0 bridgehead atoms. The van der Waals surface area contributed by atoms with E-state index in [1.807, 2.05) is 0 Å². The summed E-state index contributed by atoms with van der Waals surface area (Å²) < 4.78 is 0. The van der Waals surface area contributed by atoms with Crippen LogP contribution in [0.25, 0.3) is 0 Å². The Morgan fingerprint density at radius 1 is 1.35 bits per heavy atom. The Bertz CT molecular complexity index is 478. The monoisotopic (exact) mass is 293 g/mol. The molecular formula is C16H23NO2S. The van der Waals surface area contributed by atoms with Crippen molar-refractivity contribution in [3.8, 4) is 0 Å². The second-order valence-electron chi connectivity index (χ2n) is 5.68. The Balaban J connectivity index is 1.75. The van der Waals surface area contributed by atoms with Gasteiger partial charge in [0.25, 0.3) is 0 Å². The van der Waals surface area contributed by atoms with Crippen molar-refractivity contribution in [1.29, 1.82) is 0 Å². The number of rotatable bonds is 6. The lowest BCUT2D eigenvalue weighted by Gasteiger charge is -2.41. The summed E-state index contributed by atoms with van der Waals surface area (Å²) in [6, 6.07) is 6.39. The average Bonchev–Trinajstić information content (AvgIpc) is 2.38. The Kier molecular flexibility index (Phi) is 5.11. The van der Waals surface area contributed by atoms with E-state index in [4.69, 9.17) is 0 Å². The van der Waals surface area contributed by atoms with E-state index in [0.29, 0.717) is 6.42 Å². The van der Waals surface area contributed by atoms with Crippen molar-refractivity contribution in [2.45, 2.75) is 50.0 Å². The number of carbonyl (C=O) groups is 1. The number of amides is 1. The second kappa shape index (κ2) is 6.64. The van der Waals surface area contributed by atoms with E-state index in [0.717, 1.165) is 25.0 Å². The highest BCUT2D eigenvalue weighted by molar-refractivity contribution is 7.99. The quantitative estimate of drug-likeness (QED) is 0.793. The van der Waals surface area contributed by atoms with Crippen molar-refractivity contribution in [2.75, 3.05) is 12.4 Å². The molecule has 1 aromatic rings. The predicted octanol–water partition coefficient (Wildman–Crippen LogP) is 2.82. The zero-order valence-electron chi connectivity index (χ0n) is 12.2. The standard InChI is InChI=1S/C16H23NO2S/c1-12-4-5-14(10-13(12)2)20-9-6-15(19)17-16(11-18)7-3-8-16/h4-5,10,18H,3,6-9,11H2,1-2H3,(H,17,19). The molecule has 2 N–H and O–H groups in total. The van der Waals surface area contributed by atoms with E-state index in [-0.39, 0.29) is 18.1 Å². The topological polar surface area (TPSA) is 49.3 Å². The molecule has 0 radical (unpaired) electrons.